The molecule has 0 amide bonds. The van der Waals surface area contributed by atoms with E-state index in [1.54, 1.807) is 6.07 Å². The van der Waals surface area contributed by atoms with E-state index in [1.165, 1.54) is 26.4 Å². The van der Waals surface area contributed by atoms with Crippen LogP contribution in [0.25, 0.3) is 0 Å². The largest absolute Gasteiger partial charge is 0.465 e. The monoisotopic (exact) mass is 290 g/mol. The molecule has 4 nitrogen and oxygen atoms in total. The van der Waals surface area contributed by atoms with Crippen LogP contribution in [-0.2, 0) is 4.74 Å². The molecule has 0 bridgehead atoms. The highest BCUT2D eigenvalue weighted by Gasteiger charge is 2.17. The minimum absolute atomic E-state index is 0.280. The lowest BCUT2D eigenvalue weighted by atomic mass is 9.98. The highest BCUT2D eigenvalue weighted by atomic mass is 16.5. The van der Waals surface area contributed by atoms with Gasteiger partial charge in [0.15, 0.2) is 0 Å². The molecule has 0 spiro atoms. The zero-order valence-corrected chi connectivity index (χ0v) is 13.2. The number of carbonyl (C=O) groups is 1. The van der Waals surface area contributed by atoms with Crippen LogP contribution in [0.1, 0.15) is 48.5 Å². The first-order valence-electron chi connectivity index (χ1n) is 7.79. The molecule has 2 rings (SSSR count). The van der Waals surface area contributed by atoms with Gasteiger partial charge in [0.1, 0.15) is 0 Å². The maximum absolute atomic E-state index is 11.7. The molecule has 0 radical (unpaired) electrons. The van der Waals surface area contributed by atoms with Crippen molar-refractivity contribution >= 4 is 11.7 Å². The van der Waals surface area contributed by atoms with Gasteiger partial charge in [0, 0.05) is 17.8 Å². The first-order chi connectivity index (χ1) is 10.1. The van der Waals surface area contributed by atoms with Crippen LogP contribution >= 0.6 is 0 Å². The van der Waals surface area contributed by atoms with E-state index in [-0.39, 0.29) is 5.97 Å². The number of benzene rings is 1. The Kier molecular flexibility index (Phi) is 5.62. The zero-order valence-electron chi connectivity index (χ0n) is 13.2. The third-order valence-corrected chi connectivity index (χ3v) is 4.19. The normalized spacial score (nSPS) is 19.9. The smallest absolute Gasteiger partial charge is 0.338 e. The van der Waals surface area contributed by atoms with Crippen LogP contribution < -0.4 is 10.6 Å². The SMILES string of the molecule is COC(=O)c1cccc(NC(C)CC2CCCCN2)c1C. The second kappa shape index (κ2) is 7.46. The Hall–Kier alpha value is -1.55. The summed E-state index contributed by atoms with van der Waals surface area (Å²) in [5.41, 5.74) is 2.60. The lowest BCUT2D eigenvalue weighted by Crippen LogP contribution is -2.37. The zero-order chi connectivity index (χ0) is 15.2. The molecule has 21 heavy (non-hydrogen) atoms. The molecule has 0 aromatic heterocycles. The van der Waals surface area contributed by atoms with Crippen molar-refractivity contribution in [3.63, 3.8) is 0 Å². The number of rotatable bonds is 5. The molecule has 0 aliphatic carbocycles. The van der Waals surface area contributed by atoms with Gasteiger partial charge in [-0.1, -0.05) is 12.5 Å². The third-order valence-electron chi connectivity index (χ3n) is 4.19. The Morgan fingerprint density at radius 2 is 2.29 bits per heavy atom. The maximum Gasteiger partial charge on any atom is 0.338 e. The van der Waals surface area contributed by atoms with Gasteiger partial charge in [-0.15, -0.1) is 0 Å². The number of methoxy groups -OCH3 is 1. The number of anilines is 1. The summed E-state index contributed by atoms with van der Waals surface area (Å²) in [7, 11) is 1.42. The second-order valence-electron chi connectivity index (χ2n) is 5.90. The van der Waals surface area contributed by atoms with Crippen LogP contribution in [0.5, 0.6) is 0 Å². The van der Waals surface area contributed by atoms with Gasteiger partial charge in [-0.3, -0.25) is 0 Å². The van der Waals surface area contributed by atoms with E-state index in [0.717, 1.165) is 24.2 Å². The van der Waals surface area contributed by atoms with Crippen molar-refractivity contribution in [1.29, 1.82) is 0 Å². The second-order valence-corrected chi connectivity index (χ2v) is 5.90. The van der Waals surface area contributed by atoms with E-state index in [4.69, 9.17) is 4.74 Å². The molecule has 1 aliphatic heterocycles. The molecule has 2 N–H and O–H groups in total. The number of piperidine rings is 1. The Morgan fingerprint density at radius 1 is 1.48 bits per heavy atom. The topological polar surface area (TPSA) is 50.4 Å². The summed E-state index contributed by atoms with van der Waals surface area (Å²) in [6.45, 7) is 5.29. The fraction of sp³-hybridized carbons (Fsp3) is 0.588. The number of esters is 1. The Bertz CT molecular complexity index is 482. The fourth-order valence-corrected chi connectivity index (χ4v) is 3.00. The average molecular weight is 290 g/mol. The number of hydrogen-bond acceptors (Lipinski definition) is 4. The predicted molar refractivity (Wildman–Crippen MR) is 85.9 cm³/mol. The lowest BCUT2D eigenvalue weighted by molar-refractivity contribution is 0.0600. The molecule has 1 aliphatic rings. The van der Waals surface area contributed by atoms with Crippen molar-refractivity contribution in [2.75, 3.05) is 19.0 Å². The van der Waals surface area contributed by atoms with E-state index in [9.17, 15) is 4.79 Å². The highest BCUT2D eigenvalue weighted by molar-refractivity contribution is 5.92. The van der Waals surface area contributed by atoms with Crippen LogP contribution in [0.2, 0.25) is 0 Å². The standard InChI is InChI=1S/C17H26N2O2/c1-12(11-14-7-4-5-10-18-14)19-16-9-6-8-15(13(16)2)17(20)21-3/h6,8-9,12,14,18-19H,4-5,7,10-11H2,1-3H3. The summed E-state index contributed by atoms with van der Waals surface area (Å²) in [5, 5.41) is 7.10. The van der Waals surface area contributed by atoms with Crippen molar-refractivity contribution in [3.05, 3.63) is 29.3 Å². The molecular weight excluding hydrogens is 264 g/mol. The molecule has 2 unspecified atom stereocenters. The molecule has 1 aromatic carbocycles. The van der Waals surface area contributed by atoms with Crippen molar-refractivity contribution < 1.29 is 9.53 Å². The molecule has 1 saturated heterocycles. The van der Waals surface area contributed by atoms with Gasteiger partial charge in [-0.2, -0.15) is 0 Å². The molecule has 1 aromatic rings. The predicted octanol–water partition coefficient (Wildman–Crippen LogP) is 3.11. The van der Waals surface area contributed by atoms with Gasteiger partial charge in [0.05, 0.1) is 12.7 Å². The summed E-state index contributed by atoms with van der Waals surface area (Å²) >= 11 is 0. The van der Waals surface area contributed by atoms with Crippen molar-refractivity contribution in [1.82, 2.24) is 5.32 Å². The van der Waals surface area contributed by atoms with Gasteiger partial charge >= 0.3 is 5.97 Å². The summed E-state index contributed by atoms with van der Waals surface area (Å²) in [4.78, 5) is 11.7. The van der Waals surface area contributed by atoms with E-state index in [1.807, 2.05) is 19.1 Å². The van der Waals surface area contributed by atoms with Crippen LogP contribution in [0.3, 0.4) is 0 Å². The van der Waals surface area contributed by atoms with Crippen LogP contribution in [0.15, 0.2) is 18.2 Å². The van der Waals surface area contributed by atoms with E-state index < -0.39 is 0 Å². The van der Waals surface area contributed by atoms with Gasteiger partial charge in [-0.05, 0) is 57.4 Å². The average Bonchev–Trinajstić information content (AvgIpc) is 2.49. The first-order valence-corrected chi connectivity index (χ1v) is 7.79. The number of ether oxygens (including phenoxy) is 1. The van der Waals surface area contributed by atoms with Crippen LogP contribution in [0, 0.1) is 6.92 Å². The summed E-state index contributed by atoms with van der Waals surface area (Å²) in [5.74, 6) is -0.280. The van der Waals surface area contributed by atoms with Crippen LogP contribution in [0.4, 0.5) is 5.69 Å². The first kappa shape index (κ1) is 15.8. The van der Waals surface area contributed by atoms with Gasteiger partial charge < -0.3 is 15.4 Å². The van der Waals surface area contributed by atoms with Crippen molar-refractivity contribution in [2.45, 2.75) is 51.6 Å². The Labute approximate surface area is 127 Å². The number of nitrogens with one attached hydrogen (secondary N) is 2. The van der Waals surface area contributed by atoms with Crippen LogP contribution in [-0.4, -0.2) is 31.7 Å². The molecule has 116 valence electrons. The quantitative estimate of drug-likeness (QED) is 0.818. The lowest BCUT2D eigenvalue weighted by Gasteiger charge is -2.27. The summed E-state index contributed by atoms with van der Waals surface area (Å²) < 4.78 is 4.82. The molecule has 0 saturated carbocycles. The molecule has 4 heteroatoms. The van der Waals surface area contributed by atoms with E-state index >= 15 is 0 Å². The molecular formula is C17H26N2O2. The van der Waals surface area contributed by atoms with Gasteiger partial charge in [0.2, 0.25) is 0 Å². The summed E-state index contributed by atoms with van der Waals surface area (Å²) in [6, 6.07) is 6.69. The van der Waals surface area contributed by atoms with E-state index in [0.29, 0.717) is 17.6 Å². The minimum atomic E-state index is -0.280. The molecule has 1 fully saturated rings. The Morgan fingerprint density at radius 3 is 2.95 bits per heavy atom. The third kappa shape index (κ3) is 4.21. The number of carbonyl (C=O) groups excluding carboxylic acids is 1. The molecule has 1 heterocycles. The maximum atomic E-state index is 11.7. The fourth-order valence-electron chi connectivity index (χ4n) is 3.00. The van der Waals surface area contributed by atoms with E-state index in [2.05, 4.69) is 17.6 Å². The Balaban J connectivity index is 1.99. The van der Waals surface area contributed by atoms with Crippen molar-refractivity contribution in [2.24, 2.45) is 0 Å². The van der Waals surface area contributed by atoms with Gasteiger partial charge in [0.25, 0.3) is 0 Å². The summed E-state index contributed by atoms with van der Waals surface area (Å²) in [6.07, 6.45) is 4.97. The van der Waals surface area contributed by atoms with Crippen molar-refractivity contribution in [3.8, 4) is 0 Å². The van der Waals surface area contributed by atoms with Gasteiger partial charge in [-0.25, -0.2) is 4.79 Å². The highest BCUT2D eigenvalue weighted by Crippen LogP contribution is 2.22. The molecule has 2 atom stereocenters. The minimum Gasteiger partial charge on any atom is -0.465 e. The number of hydrogen-bond donors (Lipinski definition) is 2.